The number of hydrogen-bond acceptors (Lipinski definition) is 7. The van der Waals surface area contributed by atoms with E-state index in [9.17, 15) is 9.90 Å². The number of ether oxygens (including phenoxy) is 1. The van der Waals surface area contributed by atoms with Gasteiger partial charge in [-0.25, -0.2) is 4.98 Å². The van der Waals surface area contributed by atoms with Crippen molar-refractivity contribution in [2.45, 2.75) is 32.4 Å². The Morgan fingerprint density at radius 1 is 1.32 bits per heavy atom. The molecule has 0 aromatic carbocycles. The molecule has 4 rings (SSSR count). The van der Waals surface area contributed by atoms with E-state index in [-0.39, 0.29) is 18.6 Å². The lowest BCUT2D eigenvalue weighted by Gasteiger charge is -2.16. The van der Waals surface area contributed by atoms with E-state index in [0.717, 1.165) is 24.3 Å². The lowest BCUT2D eigenvalue weighted by atomic mass is 10.1. The summed E-state index contributed by atoms with van der Waals surface area (Å²) in [7, 11) is 0. The number of nitrogens with one attached hydrogen (secondary N) is 2. The van der Waals surface area contributed by atoms with Gasteiger partial charge in [-0.15, -0.1) is 0 Å². The van der Waals surface area contributed by atoms with E-state index < -0.39 is 6.04 Å². The molecule has 1 unspecified atom stereocenters. The van der Waals surface area contributed by atoms with Crippen LogP contribution in [0.5, 0.6) is 0 Å². The molecule has 3 N–H and O–H groups in total. The molecule has 0 bridgehead atoms. The van der Waals surface area contributed by atoms with Gasteiger partial charge >= 0.3 is 0 Å². The number of amides is 1. The molecule has 1 saturated heterocycles. The van der Waals surface area contributed by atoms with Crippen LogP contribution in [0.1, 0.15) is 39.8 Å². The topological polar surface area (TPSA) is 114 Å². The van der Waals surface area contributed by atoms with E-state index in [4.69, 9.17) is 4.74 Å². The monoisotopic (exact) mass is 422 g/mol. The minimum Gasteiger partial charge on any atom is -0.394 e. The highest BCUT2D eigenvalue weighted by atomic mass is 16.5. The molecule has 0 spiro atoms. The fourth-order valence-electron chi connectivity index (χ4n) is 3.47. The van der Waals surface area contributed by atoms with E-state index >= 15 is 0 Å². The van der Waals surface area contributed by atoms with Crippen LogP contribution < -0.4 is 10.6 Å². The molecule has 2 atom stereocenters. The number of aliphatic hydroxyl groups is 1. The average molecular weight is 422 g/mol. The number of pyridine rings is 1. The molecule has 1 fully saturated rings. The first-order valence-corrected chi connectivity index (χ1v) is 10.2. The third-order valence-corrected chi connectivity index (χ3v) is 5.16. The Morgan fingerprint density at radius 3 is 2.94 bits per heavy atom. The van der Waals surface area contributed by atoms with Crippen LogP contribution in [0.25, 0.3) is 5.82 Å². The molecule has 162 valence electrons. The smallest absolute Gasteiger partial charge is 0.253 e. The lowest BCUT2D eigenvalue weighted by molar-refractivity contribution is 0.0914. The Morgan fingerprint density at radius 2 is 2.19 bits per heavy atom. The summed E-state index contributed by atoms with van der Waals surface area (Å²) in [6, 6.07) is 6.84. The zero-order chi connectivity index (χ0) is 21.8. The van der Waals surface area contributed by atoms with Crippen molar-refractivity contribution in [3.05, 3.63) is 65.4 Å². The Hall–Kier alpha value is -3.30. The van der Waals surface area contributed by atoms with Crippen LogP contribution in [0.3, 0.4) is 0 Å². The maximum Gasteiger partial charge on any atom is 0.253 e. The maximum absolute atomic E-state index is 12.8. The van der Waals surface area contributed by atoms with E-state index in [1.165, 1.54) is 0 Å². The SMILES string of the molecule is Cc1cccc([C@@H](CO)NC(=O)c2ccn(-c3nc(NC4CCOC4)ncc3C)c2)n1. The number of aryl methyl sites for hydroxylation is 2. The van der Waals surface area contributed by atoms with E-state index in [1.807, 2.05) is 26.0 Å². The molecule has 31 heavy (non-hydrogen) atoms. The summed E-state index contributed by atoms with van der Waals surface area (Å²) in [5.74, 6) is 0.922. The Labute approximate surface area is 180 Å². The summed E-state index contributed by atoms with van der Waals surface area (Å²) < 4.78 is 7.18. The second-order valence-electron chi connectivity index (χ2n) is 7.62. The second-order valence-corrected chi connectivity index (χ2v) is 7.62. The third-order valence-electron chi connectivity index (χ3n) is 5.16. The Bertz CT molecular complexity index is 1060. The zero-order valence-corrected chi connectivity index (χ0v) is 17.6. The largest absolute Gasteiger partial charge is 0.394 e. The molecule has 9 nitrogen and oxygen atoms in total. The fraction of sp³-hybridized carbons (Fsp3) is 0.364. The number of carbonyl (C=O) groups is 1. The molecular formula is C22H26N6O3. The third kappa shape index (κ3) is 4.89. The van der Waals surface area contributed by atoms with Gasteiger partial charge in [-0.1, -0.05) is 6.07 Å². The number of nitrogens with zero attached hydrogens (tertiary/aromatic N) is 4. The van der Waals surface area contributed by atoms with Crippen molar-refractivity contribution in [3.8, 4) is 5.82 Å². The van der Waals surface area contributed by atoms with Crippen molar-refractivity contribution in [1.82, 2.24) is 24.8 Å². The molecule has 1 amide bonds. The number of rotatable bonds is 7. The number of hydrogen-bond donors (Lipinski definition) is 3. The number of aromatic nitrogens is 4. The van der Waals surface area contributed by atoms with Crippen LogP contribution in [-0.2, 0) is 4.74 Å². The predicted octanol–water partition coefficient (Wildman–Crippen LogP) is 1.94. The van der Waals surface area contributed by atoms with Crippen molar-refractivity contribution in [2.75, 3.05) is 25.1 Å². The molecule has 3 aromatic rings. The first-order chi connectivity index (χ1) is 15.0. The van der Waals surface area contributed by atoms with Gasteiger partial charge in [0.25, 0.3) is 5.91 Å². The Balaban J connectivity index is 1.50. The van der Waals surface area contributed by atoms with Crippen LogP contribution in [-0.4, -0.2) is 56.4 Å². The van der Waals surface area contributed by atoms with Crippen molar-refractivity contribution >= 4 is 11.9 Å². The van der Waals surface area contributed by atoms with Crippen molar-refractivity contribution in [2.24, 2.45) is 0 Å². The molecule has 3 aromatic heterocycles. The predicted molar refractivity (Wildman–Crippen MR) is 115 cm³/mol. The van der Waals surface area contributed by atoms with Gasteiger partial charge in [-0.2, -0.15) is 4.98 Å². The van der Waals surface area contributed by atoms with Crippen molar-refractivity contribution < 1.29 is 14.6 Å². The second kappa shape index (κ2) is 9.23. The summed E-state index contributed by atoms with van der Waals surface area (Å²) in [6.45, 7) is 4.92. The Kier molecular flexibility index (Phi) is 6.24. The van der Waals surface area contributed by atoms with E-state index in [0.29, 0.717) is 29.6 Å². The lowest BCUT2D eigenvalue weighted by Crippen LogP contribution is -2.31. The average Bonchev–Trinajstić information content (AvgIpc) is 3.45. The number of carbonyl (C=O) groups excluding carboxylic acids is 1. The number of anilines is 1. The molecular weight excluding hydrogens is 396 g/mol. The van der Waals surface area contributed by atoms with E-state index in [2.05, 4.69) is 25.6 Å². The van der Waals surface area contributed by atoms with Gasteiger partial charge in [-0.3, -0.25) is 9.78 Å². The van der Waals surface area contributed by atoms with Gasteiger partial charge in [0.15, 0.2) is 0 Å². The molecule has 0 saturated carbocycles. The molecule has 0 radical (unpaired) electrons. The fourth-order valence-corrected chi connectivity index (χ4v) is 3.47. The summed E-state index contributed by atoms with van der Waals surface area (Å²) >= 11 is 0. The summed E-state index contributed by atoms with van der Waals surface area (Å²) in [4.78, 5) is 26.1. The molecule has 0 aliphatic carbocycles. The first-order valence-electron chi connectivity index (χ1n) is 10.2. The van der Waals surface area contributed by atoms with Crippen LogP contribution in [0.2, 0.25) is 0 Å². The van der Waals surface area contributed by atoms with Crippen LogP contribution >= 0.6 is 0 Å². The van der Waals surface area contributed by atoms with Gasteiger partial charge in [-0.05, 0) is 38.5 Å². The zero-order valence-electron chi connectivity index (χ0n) is 17.6. The summed E-state index contributed by atoms with van der Waals surface area (Å²) in [5, 5.41) is 15.9. The molecule has 9 heteroatoms. The summed E-state index contributed by atoms with van der Waals surface area (Å²) in [5.41, 5.74) is 2.79. The minimum atomic E-state index is -0.582. The number of aliphatic hydroxyl groups excluding tert-OH is 1. The molecule has 1 aliphatic rings. The summed E-state index contributed by atoms with van der Waals surface area (Å²) in [6.07, 6.45) is 6.17. The maximum atomic E-state index is 12.8. The van der Waals surface area contributed by atoms with Gasteiger partial charge in [0.1, 0.15) is 5.82 Å². The highest BCUT2D eigenvalue weighted by molar-refractivity contribution is 5.94. The normalized spacial score (nSPS) is 16.8. The highest BCUT2D eigenvalue weighted by Gasteiger charge is 2.19. The highest BCUT2D eigenvalue weighted by Crippen LogP contribution is 2.17. The van der Waals surface area contributed by atoms with Gasteiger partial charge in [0.2, 0.25) is 5.95 Å². The quantitative estimate of drug-likeness (QED) is 0.533. The van der Waals surface area contributed by atoms with Crippen molar-refractivity contribution in [3.63, 3.8) is 0 Å². The van der Waals surface area contributed by atoms with Gasteiger partial charge in [0.05, 0.1) is 36.6 Å². The van der Waals surface area contributed by atoms with Gasteiger partial charge in [0, 0.05) is 36.5 Å². The first kappa shape index (κ1) is 21.0. The van der Waals surface area contributed by atoms with Crippen LogP contribution in [0.15, 0.2) is 42.9 Å². The van der Waals surface area contributed by atoms with Crippen molar-refractivity contribution in [1.29, 1.82) is 0 Å². The van der Waals surface area contributed by atoms with Crippen LogP contribution in [0.4, 0.5) is 5.95 Å². The minimum absolute atomic E-state index is 0.201. The van der Waals surface area contributed by atoms with Crippen LogP contribution in [0, 0.1) is 13.8 Å². The molecule has 1 aliphatic heterocycles. The molecule has 4 heterocycles. The standard InChI is InChI=1S/C22H26N6O3/c1-14-10-23-22(25-17-7-9-31-13-17)27-20(14)28-8-6-16(11-28)21(30)26-19(12-29)18-5-3-4-15(2)24-18/h3-6,8,10-11,17,19,29H,7,9,12-13H2,1-2H3,(H,26,30)(H,23,25,27)/t17?,19-/m1/s1. The van der Waals surface area contributed by atoms with Gasteiger partial charge < -0.3 is 25.0 Å². The van der Waals surface area contributed by atoms with E-state index in [1.54, 1.807) is 35.3 Å².